The molecule has 2 aliphatic carbocycles. The molecule has 1 atom stereocenters. The molecule has 31 heavy (non-hydrogen) atoms. The quantitative estimate of drug-likeness (QED) is 0.694. The van der Waals surface area contributed by atoms with Gasteiger partial charge in [-0.3, -0.25) is 14.5 Å². The minimum atomic E-state index is -0.565. The van der Waals surface area contributed by atoms with E-state index in [2.05, 4.69) is 10.3 Å². The van der Waals surface area contributed by atoms with Crippen molar-refractivity contribution in [2.24, 2.45) is 11.1 Å². The number of nitrogens with one attached hydrogen (secondary N) is 1. The van der Waals surface area contributed by atoms with Gasteiger partial charge >= 0.3 is 6.03 Å². The smallest absolute Gasteiger partial charge is 0.325 e. The van der Waals surface area contributed by atoms with Crippen LogP contribution >= 0.6 is 0 Å². The predicted octanol–water partition coefficient (Wildman–Crippen LogP) is 2.03. The van der Waals surface area contributed by atoms with Gasteiger partial charge in [0.25, 0.3) is 11.8 Å². The Balaban J connectivity index is 1.15. The zero-order valence-corrected chi connectivity index (χ0v) is 17.0. The van der Waals surface area contributed by atoms with Crippen molar-refractivity contribution in [1.82, 2.24) is 15.2 Å². The van der Waals surface area contributed by atoms with Crippen molar-refractivity contribution in [1.29, 1.82) is 0 Å². The molecule has 2 heterocycles. The van der Waals surface area contributed by atoms with Crippen molar-refractivity contribution >= 4 is 17.8 Å². The third-order valence-electron chi connectivity index (χ3n) is 6.67. The maximum Gasteiger partial charge on any atom is 0.325 e. The molecule has 1 aliphatic heterocycles. The van der Waals surface area contributed by atoms with Crippen LogP contribution < -0.4 is 15.8 Å². The average Bonchev–Trinajstić information content (AvgIpc) is 2.97. The topological polar surface area (TPSA) is 115 Å². The number of aromatic nitrogens is 1. The number of hydrogen-bond donors (Lipinski definition) is 2. The van der Waals surface area contributed by atoms with E-state index in [0.29, 0.717) is 6.42 Å². The molecule has 4 amide bonds. The molecule has 1 unspecified atom stereocenters. The Labute approximate surface area is 179 Å². The van der Waals surface area contributed by atoms with Crippen LogP contribution in [-0.4, -0.2) is 45.9 Å². The lowest BCUT2D eigenvalue weighted by atomic mass is 9.52. The first-order valence-corrected chi connectivity index (χ1v) is 10.5. The first-order valence-electron chi connectivity index (χ1n) is 10.5. The zero-order chi connectivity index (χ0) is 21.6. The highest BCUT2D eigenvalue weighted by Gasteiger charge is 2.58. The summed E-state index contributed by atoms with van der Waals surface area (Å²) in [6.45, 7) is 0. The fourth-order valence-corrected chi connectivity index (χ4v) is 5.16. The average molecular weight is 420 g/mol. The largest absolute Gasteiger partial charge is 0.474 e. The number of ether oxygens (including phenoxy) is 1. The lowest BCUT2D eigenvalue weighted by molar-refractivity contribution is -0.140. The molecule has 2 aromatic rings. The van der Waals surface area contributed by atoms with Crippen molar-refractivity contribution in [3.05, 3.63) is 59.8 Å². The van der Waals surface area contributed by atoms with Gasteiger partial charge in [-0.15, -0.1) is 0 Å². The summed E-state index contributed by atoms with van der Waals surface area (Å²) in [6, 6.07) is 12.1. The number of rotatable bonds is 6. The molecule has 0 radical (unpaired) electrons. The molecule has 1 spiro atoms. The highest BCUT2D eigenvalue weighted by atomic mass is 16.5. The molecule has 8 heteroatoms. The molecule has 0 bridgehead atoms. The number of pyridine rings is 1. The molecule has 3 fully saturated rings. The number of urea groups is 1. The summed E-state index contributed by atoms with van der Waals surface area (Å²) >= 11 is 0. The van der Waals surface area contributed by atoms with E-state index in [-0.39, 0.29) is 40.9 Å². The summed E-state index contributed by atoms with van der Waals surface area (Å²) < 4.78 is 5.89. The molecule has 160 valence electrons. The number of nitrogens with two attached hydrogens (primary N) is 1. The molecule has 8 nitrogen and oxygen atoms in total. The van der Waals surface area contributed by atoms with Crippen molar-refractivity contribution in [3.63, 3.8) is 0 Å². The lowest BCUT2D eigenvalue weighted by Gasteiger charge is -2.58. The van der Waals surface area contributed by atoms with Crippen molar-refractivity contribution in [3.8, 4) is 5.88 Å². The van der Waals surface area contributed by atoms with Gasteiger partial charge in [0.15, 0.2) is 0 Å². The first-order chi connectivity index (χ1) is 14.9. The van der Waals surface area contributed by atoms with E-state index >= 15 is 0 Å². The first kappa shape index (κ1) is 19.5. The van der Waals surface area contributed by atoms with Crippen LogP contribution in [0.4, 0.5) is 4.79 Å². The standard InChI is InChI=1S/C23H24N4O4/c24-19(28)17-7-4-8-25-20(17)31-16-12-23(13-16)10-15(11-23)27-21(29)18(26-22(27)30)9-14-5-2-1-3-6-14/h1-8,15-16,18H,9-13H2,(H2,24,28)(H,26,30). The van der Waals surface area contributed by atoms with Crippen LogP contribution in [0.1, 0.15) is 41.6 Å². The molecular weight excluding hydrogens is 396 g/mol. The van der Waals surface area contributed by atoms with Crippen LogP contribution in [0.25, 0.3) is 0 Å². The van der Waals surface area contributed by atoms with Crippen LogP contribution in [-0.2, 0) is 11.2 Å². The molecular formula is C23H24N4O4. The van der Waals surface area contributed by atoms with Gasteiger partial charge in [-0.1, -0.05) is 30.3 Å². The number of imide groups is 1. The van der Waals surface area contributed by atoms with Gasteiger partial charge in [0, 0.05) is 18.7 Å². The second-order valence-corrected chi connectivity index (χ2v) is 8.83. The van der Waals surface area contributed by atoms with Gasteiger partial charge < -0.3 is 15.8 Å². The van der Waals surface area contributed by atoms with Gasteiger partial charge in [0.05, 0.1) is 0 Å². The number of hydrogen-bond acceptors (Lipinski definition) is 5. The Hall–Kier alpha value is -3.42. The highest BCUT2D eigenvalue weighted by molar-refractivity contribution is 6.04. The Bertz CT molecular complexity index is 1030. The molecule has 1 aromatic carbocycles. The van der Waals surface area contributed by atoms with Crippen LogP contribution in [0.3, 0.4) is 0 Å². The van der Waals surface area contributed by atoms with Crippen LogP contribution in [0.2, 0.25) is 0 Å². The van der Waals surface area contributed by atoms with Gasteiger partial charge in [-0.05, 0) is 48.8 Å². The Morgan fingerprint density at radius 1 is 1.13 bits per heavy atom. The maximum atomic E-state index is 12.8. The maximum absolute atomic E-state index is 12.8. The fraction of sp³-hybridized carbons (Fsp3) is 0.391. The number of nitrogens with zero attached hydrogens (tertiary/aromatic N) is 2. The normalized spacial score (nSPS) is 29.3. The monoisotopic (exact) mass is 420 g/mol. The molecule has 1 saturated heterocycles. The number of primary amides is 1. The van der Waals surface area contributed by atoms with Crippen LogP contribution in [0, 0.1) is 5.41 Å². The van der Waals surface area contributed by atoms with Gasteiger partial charge in [-0.25, -0.2) is 9.78 Å². The van der Waals surface area contributed by atoms with Crippen molar-refractivity contribution in [2.75, 3.05) is 0 Å². The minimum absolute atomic E-state index is 0.0390. The Morgan fingerprint density at radius 2 is 1.87 bits per heavy atom. The highest BCUT2D eigenvalue weighted by Crippen LogP contribution is 2.58. The van der Waals surface area contributed by atoms with Crippen molar-refractivity contribution in [2.45, 2.75) is 50.3 Å². The van der Waals surface area contributed by atoms with Gasteiger partial charge in [0.1, 0.15) is 17.7 Å². The SMILES string of the molecule is NC(=O)c1cccnc1OC1CC2(C1)CC(N1C(=O)NC(Cc3ccccc3)C1=O)C2. The summed E-state index contributed by atoms with van der Waals surface area (Å²) in [7, 11) is 0. The second-order valence-electron chi connectivity index (χ2n) is 8.83. The molecule has 2 saturated carbocycles. The van der Waals surface area contributed by atoms with Crippen LogP contribution in [0.5, 0.6) is 5.88 Å². The third-order valence-corrected chi connectivity index (χ3v) is 6.67. The Kier molecular flexibility index (Phi) is 4.64. The molecule has 1 aromatic heterocycles. The van der Waals surface area contributed by atoms with Crippen LogP contribution in [0.15, 0.2) is 48.7 Å². The summed E-state index contributed by atoms with van der Waals surface area (Å²) in [5.41, 5.74) is 6.77. The van der Waals surface area contributed by atoms with Gasteiger partial charge in [-0.2, -0.15) is 0 Å². The Morgan fingerprint density at radius 3 is 2.58 bits per heavy atom. The number of carbonyl (C=O) groups is 3. The van der Waals surface area contributed by atoms with E-state index in [1.54, 1.807) is 18.3 Å². The summed E-state index contributed by atoms with van der Waals surface area (Å²) in [5, 5.41) is 2.83. The minimum Gasteiger partial charge on any atom is -0.474 e. The van der Waals surface area contributed by atoms with Gasteiger partial charge in [0.2, 0.25) is 5.88 Å². The van der Waals surface area contributed by atoms with E-state index in [1.807, 2.05) is 30.3 Å². The number of amides is 4. The summed E-state index contributed by atoms with van der Waals surface area (Å²) in [4.78, 5) is 42.4. The lowest BCUT2D eigenvalue weighted by Crippen LogP contribution is -2.60. The molecule has 5 rings (SSSR count). The van der Waals surface area contributed by atoms with E-state index in [1.165, 1.54) is 4.90 Å². The summed E-state index contributed by atoms with van der Waals surface area (Å²) in [6.07, 6.45) is 5.23. The van der Waals surface area contributed by atoms with Crippen molar-refractivity contribution < 1.29 is 19.1 Å². The summed E-state index contributed by atoms with van der Waals surface area (Å²) in [5.74, 6) is -0.437. The second kappa shape index (κ2) is 7.37. The van der Waals surface area contributed by atoms with E-state index in [0.717, 1.165) is 31.2 Å². The van der Waals surface area contributed by atoms with E-state index in [4.69, 9.17) is 10.5 Å². The number of benzene rings is 1. The molecule has 3 aliphatic rings. The number of carbonyl (C=O) groups excluding carboxylic acids is 3. The predicted molar refractivity (Wildman–Crippen MR) is 111 cm³/mol. The van der Waals surface area contributed by atoms with E-state index < -0.39 is 11.9 Å². The molecule has 3 N–H and O–H groups in total. The van der Waals surface area contributed by atoms with E-state index in [9.17, 15) is 14.4 Å². The zero-order valence-electron chi connectivity index (χ0n) is 17.0. The third kappa shape index (κ3) is 3.52. The fourth-order valence-electron chi connectivity index (χ4n) is 5.16.